The van der Waals surface area contributed by atoms with Gasteiger partial charge < -0.3 is 15.0 Å². The van der Waals surface area contributed by atoms with E-state index in [4.69, 9.17) is 4.74 Å². The van der Waals surface area contributed by atoms with E-state index in [1.54, 1.807) is 0 Å². The molecule has 1 aromatic rings. The highest BCUT2D eigenvalue weighted by Gasteiger charge is 2.26. The molecule has 1 aliphatic rings. The molecule has 0 bridgehead atoms. The summed E-state index contributed by atoms with van der Waals surface area (Å²) in [4.78, 5) is 14.4. The lowest BCUT2D eigenvalue weighted by Gasteiger charge is -2.35. The lowest BCUT2D eigenvalue weighted by atomic mass is 10.0. The van der Waals surface area contributed by atoms with Crippen LogP contribution in [0.5, 0.6) is 0 Å². The summed E-state index contributed by atoms with van der Waals surface area (Å²) < 4.78 is 5.42. The fourth-order valence-corrected chi connectivity index (χ4v) is 2.75. The van der Waals surface area contributed by atoms with Crippen LogP contribution in [0, 0.1) is 0 Å². The number of hydrogen-bond donors (Lipinski definition) is 1. The molecule has 4 heteroatoms. The van der Waals surface area contributed by atoms with E-state index in [-0.39, 0.29) is 12.0 Å². The molecule has 0 radical (unpaired) electrons. The van der Waals surface area contributed by atoms with Crippen molar-refractivity contribution in [3.8, 4) is 0 Å². The van der Waals surface area contributed by atoms with Gasteiger partial charge in [-0.25, -0.2) is 0 Å². The highest BCUT2D eigenvalue weighted by molar-refractivity contribution is 5.75. The van der Waals surface area contributed by atoms with Crippen LogP contribution in [0.3, 0.4) is 0 Å². The van der Waals surface area contributed by atoms with Gasteiger partial charge in [0.15, 0.2) is 0 Å². The van der Waals surface area contributed by atoms with Crippen molar-refractivity contribution in [2.24, 2.45) is 0 Å². The summed E-state index contributed by atoms with van der Waals surface area (Å²) in [5, 5.41) is 3.41. The van der Waals surface area contributed by atoms with Crippen molar-refractivity contribution < 1.29 is 9.53 Å². The van der Waals surface area contributed by atoms with E-state index in [0.717, 1.165) is 25.9 Å². The number of hydrogen-bond acceptors (Lipinski definition) is 4. The van der Waals surface area contributed by atoms with Gasteiger partial charge in [-0.1, -0.05) is 18.2 Å². The van der Waals surface area contributed by atoms with Crippen LogP contribution in [-0.2, 0) is 9.53 Å². The molecule has 1 aliphatic heterocycles. The molecule has 2 rings (SSSR count). The van der Waals surface area contributed by atoms with E-state index in [1.165, 1.54) is 5.69 Å². The van der Waals surface area contributed by atoms with Gasteiger partial charge in [0, 0.05) is 24.8 Å². The summed E-state index contributed by atoms with van der Waals surface area (Å²) in [6, 6.07) is 10.6. The SMILES string of the molecule is C[C@@H](NC1CCN(c2ccccc2)CC1)C(=O)OC(C)(C)C. The van der Waals surface area contributed by atoms with Crippen LogP contribution in [0.4, 0.5) is 5.69 Å². The Balaban J connectivity index is 1.79. The first-order valence-corrected chi connectivity index (χ1v) is 8.14. The van der Waals surface area contributed by atoms with Crippen molar-refractivity contribution in [1.29, 1.82) is 0 Å². The van der Waals surface area contributed by atoms with Gasteiger partial charge in [-0.2, -0.15) is 0 Å². The highest BCUT2D eigenvalue weighted by Crippen LogP contribution is 2.20. The van der Waals surface area contributed by atoms with E-state index in [1.807, 2.05) is 33.8 Å². The Hall–Kier alpha value is -1.55. The number of benzene rings is 1. The zero-order chi connectivity index (χ0) is 16.2. The number of carbonyl (C=O) groups is 1. The summed E-state index contributed by atoms with van der Waals surface area (Å²) in [7, 11) is 0. The van der Waals surface area contributed by atoms with E-state index in [0.29, 0.717) is 6.04 Å². The number of piperidine rings is 1. The number of para-hydroxylation sites is 1. The molecule has 1 fully saturated rings. The molecule has 0 amide bonds. The molecular weight excluding hydrogens is 276 g/mol. The molecule has 0 unspecified atom stereocenters. The van der Waals surface area contributed by atoms with E-state index >= 15 is 0 Å². The van der Waals surface area contributed by atoms with Gasteiger partial charge in [0.25, 0.3) is 0 Å². The van der Waals surface area contributed by atoms with E-state index in [9.17, 15) is 4.79 Å². The van der Waals surface area contributed by atoms with Crippen LogP contribution in [0.25, 0.3) is 0 Å². The quantitative estimate of drug-likeness (QED) is 0.868. The average Bonchev–Trinajstić information content (AvgIpc) is 2.47. The van der Waals surface area contributed by atoms with Crippen LogP contribution in [0.2, 0.25) is 0 Å². The highest BCUT2D eigenvalue weighted by atomic mass is 16.6. The van der Waals surface area contributed by atoms with Gasteiger partial charge >= 0.3 is 5.97 Å². The van der Waals surface area contributed by atoms with Gasteiger partial charge in [-0.3, -0.25) is 4.79 Å². The summed E-state index contributed by atoms with van der Waals surface area (Å²) in [6.07, 6.45) is 2.09. The predicted octanol–water partition coefficient (Wildman–Crippen LogP) is 2.98. The first kappa shape index (κ1) is 16.8. The lowest BCUT2D eigenvalue weighted by Crippen LogP contribution is -2.49. The van der Waals surface area contributed by atoms with E-state index < -0.39 is 5.60 Å². The maximum absolute atomic E-state index is 12.0. The first-order chi connectivity index (χ1) is 10.3. The van der Waals surface area contributed by atoms with Crippen molar-refractivity contribution in [3.63, 3.8) is 0 Å². The number of rotatable bonds is 4. The maximum atomic E-state index is 12.0. The number of ether oxygens (including phenoxy) is 1. The Bertz CT molecular complexity index is 474. The van der Waals surface area contributed by atoms with Crippen molar-refractivity contribution in [2.45, 2.75) is 58.2 Å². The third-order valence-electron chi connectivity index (χ3n) is 3.86. The monoisotopic (exact) mass is 304 g/mol. The Kier molecular flexibility index (Phi) is 5.46. The molecule has 4 nitrogen and oxygen atoms in total. The molecule has 22 heavy (non-hydrogen) atoms. The van der Waals surface area contributed by atoms with Crippen LogP contribution in [0.1, 0.15) is 40.5 Å². The molecule has 1 saturated heterocycles. The number of carbonyl (C=O) groups excluding carboxylic acids is 1. The Morgan fingerprint density at radius 1 is 1.23 bits per heavy atom. The van der Waals surface area contributed by atoms with Gasteiger partial charge in [0.05, 0.1) is 0 Å². The average molecular weight is 304 g/mol. The minimum absolute atomic E-state index is 0.169. The second-order valence-corrected chi connectivity index (χ2v) is 7.02. The minimum Gasteiger partial charge on any atom is -0.459 e. The molecule has 1 aromatic carbocycles. The molecule has 1 atom stereocenters. The molecule has 1 heterocycles. The summed E-state index contributed by atoms with van der Waals surface area (Å²) in [5.74, 6) is -0.169. The van der Waals surface area contributed by atoms with Crippen molar-refractivity contribution in [1.82, 2.24) is 5.32 Å². The minimum atomic E-state index is -0.427. The maximum Gasteiger partial charge on any atom is 0.323 e. The largest absolute Gasteiger partial charge is 0.459 e. The molecule has 0 aromatic heterocycles. The first-order valence-electron chi connectivity index (χ1n) is 8.14. The molecule has 0 aliphatic carbocycles. The zero-order valence-corrected chi connectivity index (χ0v) is 14.1. The molecule has 122 valence electrons. The number of anilines is 1. The molecule has 0 spiro atoms. The Labute approximate surface area is 133 Å². The third-order valence-corrected chi connectivity index (χ3v) is 3.86. The summed E-state index contributed by atoms with van der Waals surface area (Å²) in [6.45, 7) is 9.62. The lowest BCUT2D eigenvalue weighted by molar-refractivity contribution is -0.157. The van der Waals surface area contributed by atoms with Gasteiger partial charge in [-0.05, 0) is 52.7 Å². The number of nitrogens with zero attached hydrogens (tertiary/aromatic N) is 1. The van der Waals surface area contributed by atoms with E-state index in [2.05, 4.69) is 34.5 Å². The van der Waals surface area contributed by atoms with Gasteiger partial charge in [-0.15, -0.1) is 0 Å². The van der Waals surface area contributed by atoms with Crippen molar-refractivity contribution in [2.75, 3.05) is 18.0 Å². The van der Waals surface area contributed by atoms with Crippen LogP contribution >= 0.6 is 0 Å². The van der Waals surface area contributed by atoms with Crippen molar-refractivity contribution in [3.05, 3.63) is 30.3 Å². The smallest absolute Gasteiger partial charge is 0.323 e. The normalized spacial score (nSPS) is 18.1. The third kappa shape index (κ3) is 5.02. The Morgan fingerprint density at radius 2 is 1.82 bits per heavy atom. The van der Waals surface area contributed by atoms with Crippen LogP contribution in [-0.4, -0.2) is 36.7 Å². The number of esters is 1. The van der Waals surface area contributed by atoms with Crippen molar-refractivity contribution >= 4 is 11.7 Å². The fraction of sp³-hybridized carbons (Fsp3) is 0.611. The fourth-order valence-electron chi connectivity index (χ4n) is 2.75. The van der Waals surface area contributed by atoms with Crippen LogP contribution < -0.4 is 10.2 Å². The molecular formula is C18H28N2O2. The molecule has 1 N–H and O–H groups in total. The van der Waals surface area contributed by atoms with Crippen LogP contribution in [0.15, 0.2) is 30.3 Å². The molecule has 0 saturated carbocycles. The predicted molar refractivity (Wildman–Crippen MR) is 90.1 cm³/mol. The zero-order valence-electron chi connectivity index (χ0n) is 14.1. The second-order valence-electron chi connectivity index (χ2n) is 7.02. The summed E-state index contributed by atoms with van der Waals surface area (Å²) >= 11 is 0. The van der Waals surface area contributed by atoms with Gasteiger partial charge in [0.2, 0.25) is 0 Å². The standard InChI is InChI=1S/C18H28N2O2/c1-14(17(21)22-18(2,3)4)19-15-10-12-20(13-11-15)16-8-6-5-7-9-16/h5-9,14-15,19H,10-13H2,1-4H3/t14-/m1/s1. The number of nitrogens with one attached hydrogen (secondary N) is 1. The topological polar surface area (TPSA) is 41.6 Å². The Morgan fingerprint density at radius 3 is 2.36 bits per heavy atom. The van der Waals surface area contributed by atoms with Gasteiger partial charge in [0.1, 0.15) is 11.6 Å². The second kappa shape index (κ2) is 7.14. The summed E-state index contributed by atoms with van der Waals surface area (Å²) in [5.41, 5.74) is 0.852.